The molecule has 1 aliphatic carbocycles. The Morgan fingerprint density at radius 2 is 1.88 bits per heavy atom. The molecule has 2 aromatic carbocycles. The van der Waals surface area contributed by atoms with Crippen molar-refractivity contribution in [2.45, 2.75) is 37.2 Å². The highest BCUT2D eigenvalue weighted by atomic mass is 32.2. The average Bonchev–Trinajstić information content (AvgIpc) is 3.61. The summed E-state index contributed by atoms with van der Waals surface area (Å²) in [5.41, 5.74) is 3.23. The van der Waals surface area contributed by atoms with Gasteiger partial charge in [0.1, 0.15) is 0 Å². The van der Waals surface area contributed by atoms with Crippen molar-refractivity contribution >= 4 is 42.6 Å². The third kappa shape index (κ3) is 4.46. The van der Waals surface area contributed by atoms with E-state index in [1.807, 2.05) is 31.2 Å². The van der Waals surface area contributed by atoms with E-state index in [0.717, 1.165) is 34.2 Å². The maximum Gasteiger partial charge on any atom is 0.260 e. The van der Waals surface area contributed by atoms with Gasteiger partial charge in [-0.25, -0.2) is 13.4 Å². The molecule has 1 amide bonds. The highest BCUT2D eigenvalue weighted by Gasteiger charge is 2.35. The van der Waals surface area contributed by atoms with Gasteiger partial charge in [0.2, 0.25) is 10.0 Å². The third-order valence-electron chi connectivity index (χ3n) is 5.91. The van der Waals surface area contributed by atoms with E-state index < -0.39 is 10.0 Å². The minimum Gasteiger partial charge on any atom is -0.279 e. The number of rotatable bonds is 7. The Balaban J connectivity index is 1.48. The van der Waals surface area contributed by atoms with Gasteiger partial charge in [0.05, 0.1) is 21.7 Å². The molecule has 5 rings (SSSR count). The number of hydrogen-bond donors (Lipinski definition) is 0. The van der Waals surface area contributed by atoms with Crippen molar-refractivity contribution in [3.63, 3.8) is 0 Å². The van der Waals surface area contributed by atoms with E-state index in [-0.39, 0.29) is 16.8 Å². The molecule has 2 heterocycles. The van der Waals surface area contributed by atoms with Gasteiger partial charge in [0.25, 0.3) is 5.91 Å². The predicted octanol–water partition coefficient (Wildman–Crippen LogP) is 4.63. The monoisotopic (exact) mass is 492 g/mol. The fourth-order valence-corrected chi connectivity index (χ4v) is 6.24. The number of aryl methyl sites for hydroxylation is 1. The number of nitrogens with zero attached hydrogens (tertiary/aromatic N) is 4. The summed E-state index contributed by atoms with van der Waals surface area (Å²) in [5.74, 6) is -0.251. The first-order valence-corrected chi connectivity index (χ1v) is 13.2. The summed E-state index contributed by atoms with van der Waals surface area (Å²) >= 11 is 1.45. The number of amides is 1. The Kier molecular flexibility index (Phi) is 5.93. The number of carbonyl (C=O) groups excluding carboxylic acids is 1. The van der Waals surface area contributed by atoms with Crippen LogP contribution in [0, 0.1) is 6.92 Å². The number of thiazole rings is 1. The van der Waals surface area contributed by atoms with Crippen molar-refractivity contribution in [3.8, 4) is 0 Å². The fourth-order valence-electron chi connectivity index (χ4n) is 3.76. The lowest BCUT2D eigenvalue weighted by atomic mass is 10.2. The minimum absolute atomic E-state index is 0.0731. The molecule has 0 radical (unpaired) electrons. The van der Waals surface area contributed by atoms with E-state index in [2.05, 4.69) is 11.1 Å². The fraction of sp³-hybridized carbons (Fsp3) is 0.240. The minimum atomic E-state index is -3.57. The largest absolute Gasteiger partial charge is 0.279 e. The molecule has 0 bridgehead atoms. The van der Waals surface area contributed by atoms with Crippen molar-refractivity contribution in [1.29, 1.82) is 0 Å². The second kappa shape index (κ2) is 8.90. The van der Waals surface area contributed by atoms with E-state index >= 15 is 0 Å². The normalized spacial score (nSPS) is 14.0. The number of anilines is 1. The Hall–Kier alpha value is -3.14. The molecule has 0 unspecified atom stereocenters. The van der Waals surface area contributed by atoms with Gasteiger partial charge in [-0.05, 0) is 73.4 Å². The maximum absolute atomic E-state index is 13.6. The summed E-state index contributed by atoms with van der Waals surface area (Å²) in [4.78, 5) is 24.3. The van der Waals surface area contributed by atoms with Crippen molar-refractivity contribution < 1.29 is 13.2 Å². The number of aromatic nitrogens is 2. The molecular weight excluding hydrogens is 468 g/mol. The van der Waals surface area contributed by atoms with Crippen molar-refractivity contribution in [3.05, 3.63) is 83.7 Å². The van der Waals surface area contributed by atoms with Crippen LogP contribution in [0.3, 0.4) is 0 Å². The first-order chi connectivity index (χ1) is 16.3. The molecule has 7 nitrogen and oxygen atoms in total. The lowest BCUT2D eigenvalue weighted by Crippen LogP contribution is -2.31. The number of fused-ring (bicyclic) bond motifs is 1. The Bertz CT molecular complexity index is 1450. The van der Waals surface area contributed by atoms with Crippen LogP contribution in [0.5, 0.6) is 0 Å². The SMILES string of the molecule is Cc1ccc2nc(N(Cc3cccnc3)C(=O)c3ccc(S(=O)(=O)N(C)C4CC4)cc3)sc2c1. The summed E-state index contributed by atoms with van der Waals surface area (Å²) < 4.78 is 28.1. The zero-order chi connectivity index (χ0) is 23.9. The van der Waals surface area contributed by atoms with Crippen LogP contribution in [-0.4, -0.2) is 41.7 Å². The van der Waals surface area contributed by atoms with Crippen molar-refractivity contribution in [2.75, 3.05) is 11.9 Å². The molecule has 0 saturated heterocycles. The van der Waals surface area contributed by atoms with Gasteiger partial charge in [-0.1, -0.05) is 23.5 Å². The Labute approximate surface area is 202 Å². The van der Waals surface area contributed by atoms with Gasteiger partial charge in [0, 0.05) is 31.0 Å². The lowest BCUT2D eigenvalue weighted by Gasteiger charge is -2.20. The number of hydrogen-bond acceptors (Lipinski definition) is 6. The molecule has 1 fully saturated rings. The van der Waals surface area contributed by atoms with E-state index in [1.54, 1.807) is 36.5 Å². The highest BCUT2D eigenvalue weighted by molar-refractivity contribution is 7.89. The van der Waals surface area contributed by atoms with Gasteiger partial charge in [-0.15, -0.1) is 0 Å². The van der Waals surface area contributed by atoms with E-state index in [9.17, 15) is 13.2 Å². The summed E-state index contributed by atoms with van der Waals surface area (Å²) in [6.07, 6.45) is 5.18. The maximum atomic E-state index is 13.6. The van der Waals surface area contributed by atoms with Crippen LogP contribution in [0.2, 0.25) is 0 Å². The van der Waals surface area contributed by atoms with Crippen LogP contribution in [0.1, 0.15) is 34.3 Å². The number of benzene rings is 2. The molecular formula is C25H24N4O3S2. The molecule has 0 N–H and O–H groups in total. The predicted molar refractivity (Wildman–Crippen MR) is 134 cm³/mol. The molecule has 2 aromatic heterocycles. The summed E-state index contributed by atoms with van der Waals surface area (Å²) in [7, 11) is -1.96. The van der Waals surface area contributed by atoms with Gasteiger partial charge >= 0.3 is 0 Å². The molecule has 4 aromatic rings. The quantitative estimate of drug-likeness (QED) is 0.376. The van der Waals surface area contributed by atoms with Crippen LogP contribution in [0.25, 0.3) is 10.2 Å². The Morgan fingerprint density at radius 3 is 2.56 bits per heavy atom. The number of carbonyl (C=O) groups is 1. The zero-order valence-electron chi connectivity index (χ0n) is 18.9. The first-order valence-electron chi connectivity index (χ1n) is 11.0. The summed E-state index contributed by atoms with van der Waals surface area (Å²) in [6, 6.07) is 16.0. The zero-order valence-corrected chi connectivity index (χ0v) is 20.5. The number of pyridine rings is 1. The van der Waals surface area contributed by atoms with Gasteiger partial charge in [0.15, 0.2) is 5.13 Å². The standard InChI is InChI=1S/C25H24N4O3S2/c1-17-5-12-22-23(14-17)33-25(27-22)29(16-18-4-3-13-26-15-18)24(30)19-6-10-21(11-7-19)34(31,32)28(2)20-8-9-20/h3-7,10-15,20H,8-9,16H2,1-2H3. The van der Waals surface area contributed by atoms with Gasteiger partial charge in [-0.2, -0.15) is 4.31 Å². The van der Waals surface area contributed by atoms with Crippen LogP contribution >= 0.6 is 11.3 Å². The first kappa shape index (κ1) is 22.6. The highest BCUT2D eigenvalue weighted by Crippen LogP contribution is 2.33. The lowest BCUT2D eigenvalue weighted by molar-refractivity contribution is 0.0985. The molecule has 174 valence electrons. The van der Waals surface area contributed by atoms with Crippen molar-refractivity contribution in [1.82, 2.24) is 14.3 Å². The molecule has 1 saturated carbocycles. The smallest absolute Gasteiger partial charge is 0.260 e. The molecule has 0 spiro atoms. The van der Waals surface area contributed by atoms with Crippen molar-refractivity contribution in [2.24, 2.45) is 0 Å². The molecule has 34 heavy (non-hydrogen) atoms. The van der Waals surface area contributed by atoms with E-state index in [1.165, 1.54) is 27.8 Å². The van der Waals surface area contributed by atoms with Gasteiger partial charge < -0.3 is 0 Å². The van der Waals surface area contributed by atoms with E-state index in [0.29, 0.717) is 17.2 Å². The molecule has 1 aliphatic rings. The van der Waals surface area contributed by atoms with Crippen LogP contribution in [-0.2, 0) is 16.6 Å². The molecule has 0 atom stereocenters. The van der Waals surface area contributed by atoms with Gasteiger partial charge in [-0.3, -0.25) is 14.7 Å². The second-order valence-corrected chi connectivity index (χ2v) is 11.5. The molecule has 0 aliphatic heterocycles. The molecule has 9 heteroatoms. The number of sulfonamides is 1. The topological polar surface area (TPSA) is 83.5 Å². The third-order valence-corrected chi connectivity index (χ3v) is 8.88. The average molecular weight is 493 g/mol. The second-order valence-electron chi connectivity index (χ2n) is 8.50. The summed E-state index contributed by atoms with van der Waals surface area (Å²) in [5, 5.41) is 0.583. The van der Waals surface area contributed by atoms with Crippen LogP contribution in [0.15, 0.2) is 71.9 Å². The Morgan fingerprint density at radius 1 is 1.12 bits per heavy atom. The van der Waals surface area contributed by atoms with Crippen LogP contribution in [0.4, 0.5) is 5.13 Å². The summed E-state index contributed by atoms with van der Waals surface area (Å²) in [6.45, 7) is 2.32. The van der Waals surface area contributed by atoms with E-state index in [4.69, 9.17) is 4.98 Å². The van der Waals surface area contributed by atoms with Crippen LogP contribution < -0.4 is 4.90 Å².